The third-order valence-electron chi connectivity index (χ3n) is 3.00. The first kappa shape index (κ1) is 14.6. The van der Waals surface area contributed by atoms with Gasteiger partial charge in [-0.25, -0.2) is 0 Å². The molecule has 0 aliphatic heterocycles. The van der Waals surface area contributed by atoms with E-state index in [1.807, 2.05) is 19.1 Å². The number of carbonyl (C=O) groups is 1. The molecule has 1 unspecified atom stereocenters. The van der Waals surface area contributed by atoms with Crippen molar-refractivity contribution in [1.29, 1.82) is 5.26 Å². The summed E-state index contributed by atoms with van der Waals surface area (Å²) in [7, 11) is 1.56. The van der Waals surface area contributed by atoms with Crippen LogP contribution in [0, 0.1) is 18.3 Å². The maximum Gasteiger partial charge on any atom is 0.195 e. The molecule has 0 aliphatic rings. The number of thiophene rings is 1. The fourth-order valence-electron chi connectivity index (χ4n) is 1.90. The normalized spacial score (nSPS) is 11.7. The second-order valence-corrected chi connectivity index (χ2v) is 5.58. The minimum atomic E-state index is -0.874. The van der Waals surface area contributed by atoms with Gasteiger partial charge in [0.05, 0.1) is 23.1 Å². The summed E-state index contributed by atoms with van der Waals surface area (Å²) in [5.41, 5.74) is 1.57. The maximum absolute atomic E-state index is 12.4. The highest BCUT2D eigenvalue weighted by molar-refractivity contribution is 7.12. The molecule has 0 bridgehead atoms. The lowest BCUT2D eigenvalue weighted by Gasteiger charge is -2.11. The van der Waals surface area contributed by atoms with Crippen LogP contribution in [0.5, 0.6) is 5.75 Å². The second kappa shape index (κ2) is 6.08. The Bertz CT molecular complexity index is 687. The molecule has 1 aromatic heterocycles. The van der Waals surface area contributed by atoms with Crippen molar-refractivity contribution in [2.45, 2.75) is 12.8 Å². The van der Waals surface area contributed by atoms with E-state index in [1.54, 1.807) is 30.7 Å². The first-order valence-electron chi connectivity index (χ1n) is 5.89. The Balaban J connectivity index is 2.41. The molecule has 20 heavy (non-hydrogen) atoms. The van der Waals surface area contributed by atoms with E-state index < -0.39 is 5.92 Å². The molecular formula is C15H12ClNO2S. The average Bonchev–Trinajstić information content (AvgIpc) is 2.87. The number of hydrogen-bond donors (Lipinski definition) is 0. The van der Waals surface area contributed by atoms with Crippen LogP contribution in [0.15, 0.2) is 29.6 Å². The zero-order valence-electron chi connectivity index (χ0n) is 11.0. The number of aryl methyl sites for hydroxylation is 1. The van der Waals surface area contributed by atoms with Gasteiger partial charge in [-0.3, -0.25) is 4.79 Å². The number of nitriles is 1. The molecule has 5 heteroatoms. The largest absolute Gasteiger partial charge is 0.496 e. The predicted molar refractivity (Wildman–Crippen MR) is 79.7 cm³/mol. The molecule has 0 saturated heterocycles. The Morgan fingerprint density at radius 3 is 2.75 bits per heavy atom. The van der Waals surface area contributed by atoms with E-state index >= 15 is 0 Å². The Morgan fingerprint density at radius 1 is 1.45 bits per heavy atom. The summed E-state index contributed by atoms with van der Waals surface area (Å²) in [5.74, 6) is -0.494. The van der Waals surface area contributed by atoms with E-state index in [1.165, 1.54) is 11.3 Å². The maximum atomic E-state index is 12.4. The van der Waals surface area contributed by atoms with Crippen LogP contribution in [0.1, 0.15) is 26.7 Å². The molecule has 0 amide bonds. The van der Waals surface area contributed by atoms with Gasteiger partial charge in [-0.15, -0.1) is 11.3 Å². The van der Waals surface area contributed by atoms with Crippen molar-refractivity contribution < 1.29 is 9.53 Å². The van der Waals surface area contributed by atoms with Crippen molar-refractivity contribution in [3.05, 3.63) is 50.7 Å². The lowest BCUT2D eigenvalue weighted by atomic mass is 9.94. The smallest absolute Gasteiger partial charge is 0.195 e. The van der Waals surface area contributed by atoms with Crippen molar-refractivity contribution in [2.75, 3.05) is 7.11 Å². The van der Waals surface area contributed by atoms with Gasteiger partial charge in [0.25, 0.3) is 0 Å². The summed E-state index contributed by atoms with van der Waals surface area (Å²) in [6, 6.07) is 9.03. The lowest BCUT2D eigenvalue weighted by Crippen LogP contribution is -2.10. The molecule has 1 heterocycles. The van der Waals surface area contributed by atoms with Crippen molar-refractivity contribution in [1.82, 2.24) is 0 Å². The fourth-order valence-corrected chi connectivity index (χ4v) is 3.02. The van der Waals surface area contributed by atoms with Crippen molar-refractivity contribution >= 4 is 28.7 Å². The van der Waals surface area contributed by atoms with Crippen LogP contribution in [-0.2, 0) is 0 Å². The molecule has 0 radical (unpaired) electrons. The number of benzene rings is 1. The molecule has 2 rings (SSSR count). The first-order chi connectivity index (χ1) is 9.58. The number of halogens is 1. The van der Waals surface area contributed by atoms with Gasteiger partial charge < -0.3 is 4.74 Å². The molecule has 3 nitrogen and oxygen atoms in total. The summed E-state index contributed by atoms with van der Waals surface area (Å²) in [4.78, 5) is 12.8. The summed E-state index contributed by atoms with van der Waals surface area (Å²) >= 11 is 7.21. The number of hydrogen-bond acceptors (Lipinski definition) is 4. The quantitative estimate of drug-likeness (QED) is 0.795. The minimum absolute atomic E-state index is 0.279. The van der Waals surface area contributed by atoms with Crippen LogP contribution in [0.4, 0.5) is 0 Å². The second-order valence-electron chi connectivity index (χ2n) is 4.25. The topological polar surface area (TPSA) is 50.1 Å². The number of Topliss-reactive ketones (excluding diaryl/α,β-unsaturated/α-hetero) is 1. The van der Waals surface area contributed by atoms with E-state index in [9.17, 15) is 10.1 Å². The highest BCUT2D eigenvalue weighted by Crippen LogP contribution is 2.31. The van der Waals surface area contributed by atoms with Crippen molar-refractivity contribution in [3.8, 4) is 11.8 Å². The SMILES string of the molecule is COc1cc(C(C#N)C(=O)c2sccc2Cl)ccc1C. The standard InChI is InChI=1S/C15H12ClNO2S/c1-9-3-4-10(7-13(9)19-2)11(8-17)14(18)15-12(16)5-6-20-15/h3-7,11H,1-2H3. The lowest BCUT2D eigenvalue weighted by molar-refractivity contribution is 0.0983. The summed E-state index contributed by atoms with van der Waals surface area (Å²) < 4.78 is 5.23. The molecule has 2 aromatic rings. The number of nitrogens with zero attached hydrogens (tertiary/aromatic N) is 1. The summed E-state index contributed by atoms with van der Waals surface area (Å²) in [6.45, 7) is 1.90. The Morgan fingerprint density at radius 2 is 2.20 bits per heavy atom. The number of rotatable bonds is 4. The molecule has 1 aromatic carbocycles. The molecule has 0 saturated carbocycles. The van der Waals surface area contributed by atoms with Gasteiger partial charge in [-0.05, 0) is 35.6 Å². The highest BCUT2D eigenvalue weighted by Gasteiger charge is 2.25. The van der Waals surface area contributed by atoms with Crippen LogP contribution in [-0.4, -0.2) is 12.9 Å². The predicted octanol–water partition coefficient (Wildman–Crippen LogP) is 4.21. The van der Waals surface area contributed by atoms with E-state index in [4.69, 9.17) is 16.3 Å². The molecule has 0 spiro atoms. The van der Waals surface area contributed by atoms with Crippen LogP contribution in [0.2, 0.25) is 5.02 Å². The van der Waals surface area contributed by atoms with Gasteiger partial charge in [0.15, 0.2) is 5.78 Å². The Kier molecular flexibility index (Phi) is 4.43. The highest BCUT2D eigenvalue weighted by atomic mass is 35.5. The molecule has 102 valence electrons. The first-order valence-corrected chi connectivity index (χ1v) is 7.15. The molecule has 0 N–H and O–H groups in total. The number of methoxy groups -OCH3 is 1. The van der Waals surface area contributed by atoms with Gasteiger partial charge in [-0.1, -0.05) is 23.7 Å². The van der Waals surface area contributed by atoms with Gasteiger partial charge in [0, 0.05) is 0 Å². The third-order valence-corrected chi connectivity index (χ3v) is 4.35. The summed E-state index contributed by atoms with van der Waals surface area (Å²) in [6.07, 6.45) is 0. The average molecular weight is 306 g/mol. The van der Waals surface area contributed by atoms with Crippen LogP contribution < -0.4 is 4.74 Å². The number of ether oxygens (including phenoxy) is 1. The van der Waals surface area contributed by atoms with Crippen molar-refractivity contribution in [2.24, 2.45) is 0 Å². The van der Waals surface area contributed by atoms with Gasteiger partial charge in [-0.2, -0.15) is 5.26 Å². The molecule has 0 fully saturated rings. The van der Waals surface area contributed by atoms with E-state index in [0.29, 0.717) is 21.2 Å². The zero-order valence-corrected chi connectivity index (χ0v) is 12.6. The molecule has 0 aliphatic carbocycles. The van der Waals surface area contributed by atoms with E-state index in [2.05, 4.69) is 0 Å². The van der Waals surface area contributed by atoms with Gasteiger partial charge >= 0.3 is 0 Å². The molecule has 1 atom stereocenters. The zero-order chi connectivity index (χ0) is 14.7. The third kappa shape index (κ3) is 2.69. The number of ketones is 1. The van der Waals surface area contributed by atoms with Crippen LogP contribution >= 0.6 is 22.9 Å². The summed E-state index contributed by atoms with van der Waals surface area (Å²) in [5, 5.41) is 11.4. The molecular weight excluding hydrogens is 294 g/mol. The van der Waals surface area contributed by atoms with Gasteiger partial charge in [0.2, 0.25) is 0 Å². The van der Waals surface area contributed by atoms with E-state index in [0.717, 1.165) is 5.56 Å². The van der Waals surface area contributed by atoms with Gasteiger partial charge in [0.1, 0.15) is 11.7 Å². The fraction of sp³-hybridized carbons (Fsp3) is 0.200. The Hall–Kier alpha value is -1.83. The van der Waals surface area contributed by atoms with E-state index in [-0.39, 0.29) is 5.78 Å². The van der Waals surface area contributed by atoms with Crippen LogP contribution in [0.25, 0.3) is 0 Å². The minimum Gasteiger partial charge on any atom is -0.496 e. The number of carbonyl (C=O) groups excluding carboxylic acids is 1. The monoisotopic (exact) mass is 305 g/mol. The Labute approximate surface area is 126 Å². The van der Waals surface area contributed by atoms with Crippen molar-refractivity contribution in [3.63, 3.8) is 0 Å². The van der Waals surface area contributed by atoms with Crippen LogP contribution in [0.3, 0.4) is 0 Å².